The van der Waals surface area contributed by atoms with Crippen LogP contribution < -0.4 is 10.6 Å². The summed E-state index contributed by atoms with van der Waals surface area (Å²) in [6, 6.07) is 5.77. The summed E-state index contributed by atoms with van der Waals surface area (Å²) >= 11 is 1.57. The van der Waals surface area contributed by atoms with E-state index in [0.717, 1.165) is 21.7 Å². The van der Waals surface area contributed by atoms with Gasteiger partial charge in [-0.2, -0.15) is 0 Å². The number of thiazole rings is 1. The largest absolute Gasteiger partial charge is 0.460 e. The van der Waals surface area contributed by atoms with Gasteiger partial charge in [0.05, 0.1) is 61.1 Å². The number of aliphatic hydroxyl groups excluding tert-OH is 1. The fraction of sp³-hybridized carbons (Fsp3) is 0.629. The van der Waals surface area contributed by atoms with Crippen molar-refractivity contribution in [3.8, 4) is 10.4 Å². The lowest BCUT2D eigenvalue weighted by molar-refractivity contribution is -0.156. The molecule has 1 aromatic heterocycles. The molecule has 1 aliphatic rings. The van der Waals surface area contributed by atoms with Crippen LogP contribution in [0.4, 0.5) is 0 Å². The molecule has 1 aromatic carbocycles. The minimum absolute atomic E-state index is 0.00626. The van der Waals surface area contributed by atoms with E-state index < -0.39 is 35.1 Å². The van der Waals surface area contributed by atoms with Crippen molar-refractivity contribution in [2.45, 2.75) is 104 Å². The molecule has 1 fully saturated rings. The lowest BCUT2D eigenvalue weighted by Crippen LogP contribution is -2.58. The summed E-state index contributed by atoms with van der Waals surface area (Å²) in [6.45, 7) is 15.6. The van der Waals surface area contributed by atoms with Crippen LogP contribution in [0.15, 0.2) is 29.8 Å². The van der Waals surface area contributed by atoms with Gasteiger partial charge in [-0.25, -0.2) is 4.98 Å². The normalized spacial score (nSPS) is 17.9. The number of benzene rings is 1. The fourth-order valence-electron chi connectivity index (χ4n) is 5.28. The summed E-state index contributed by atoms with van der Waals surface area (Å²) in [4.78, 5) is 58.7. The number of nitrogens with one attached hydrogen (secondary N) is 2. The number of hydrogen-bond acceptors (Lipinski definition) is 10. The van der Waals surface area contributed by atoms with Crippen LogP contribution in [0.5, 0.6) is 0 Å². The third-order valence-electron chi connectivity index (χ3n) is 7.78. The van der Waals surface area contributed by atoms with Crippen molar-refractivity contribution in [3.63, 3.8) is 0 Å². The summed E-state index contributed by atoms with van der Waals surface area (Å²) in [5.41, 5.74) is 3.52. The second-order valence-electron chi connectivity index (χ2n) is 14.2. The number of aliphatic hydroxyl groups is 1. The topological polar surface area (TPSA) is 156 Å². The third kappa shape index (κ3) is 11.9. The molecular formula is C35H52N4O8S. The summed E-state index contributed by atoms with van der Waals surface area (Å²) in [6.07, 6.45) is -0.604. The van der Waals surface area contributed by atoms with Gasteiger partial charge in [-0.15, -0.1) is 11.3 Å². The first-order valence-corrected chi connectivity index (χ1v) is 17.3. The van der Waals surface area contributed by atoms with Crippen molar-refractivity contribution in [1.82, 2.24) is 20.5 Å². The Bertz CT molecular complexity index is 1380. The van der Waals surface area contributed by atoms with E-state index in [9.17, 15) is 24.3 Å². The number of ether oxygens (including phenoxy) is 3. The molecule has 0 spiro atoms. The van der Waals surface area contributed by atoms with Gasteiger partial charge in [-0.1, -0.05) is 45.0 Å². The Hall–Kier alpha value is -3.39. The number of nitrogens with zero attached hydrogens (tertiary/aromatic N) is 2. The summed E-state index contributed by atoms with van der Waals surface area (Å²) in [5, 5.41) is 16.3. The van der Waals surface area contributed by atoms with E-state index in [1.54, 1.807) is 32.1 Å². The van der Waals surface area contributed by atoms with Gasteiger partial charge in [0.2, 0.25) is 17.7 Å². The maximum absolute atomic E-state index is 13.9. The number of esters is 1. The molecule has 13 heteroatoms. The molecule has 3 N–H and O–H groups in total. The lowest BCUT2D eigenvalue weighted by atomic mass is 9.85. The molecule has 0 aliphatic carbocycles. The van der Waals surface area contributed by atoms with Crippen molar-refractivity contribution in [2.75, 3.05) is 33.0 Å². The number of likely N-dealkylation sites (tertiary alicyclic amines) is 1. The predicted octanol–water partition coefficient (Wildman–Crippen LogP) is 3.94. The lowest BCUT2D eigenvalue weighted by Gasteiger charge is -2.35. The molecular weight excluding hydrogens is 636 g/mol. The van der Waals surface area contributed by atoms with E-state index in [0.29, 0.717) is 0 Å². The number of aryl methyl sites for hydroxylation is 1. The van der Waals surface area contributed by atoms with Gasteiger partial charge >= 0.3 is 5.97 Å². The average Bonchev–Trinajstić information content (AvgIpc) is 3.60. The minimum Gasteiger partial charge on any atom is -0.460 e. The minimum atomic E-state index is -0.929. The maximum atomic E-state index is 13.9. The first kappa shape index (κ1) is 39.1. The van der Waals surface area contributed by atoms with Crippen LogP contribution in [0, 0.1) is 12.3 Å². The molecule has 4 atom stereocenters. The molecule has 266 valence electrons. The number of carbonyl (C=O) groups excluding carboxylic acids is 4. The highest BCUT2D eigenvalue weighted by molar-refractivity contribution is 7.13. The van der Waals surface area contributed by atoms with Gasteiger partial charge in [-0.3, -0.25) is 19.2 Å². The molecule has 3 rings (SSSR count). The van der Waals surface area contributed by atoms with Gasteiger partial charge in [0, 0.05) is 19.4 Å². The van der Waals surface area contributed by atoms with Crippen molar-refractivity contribution in [3.05, 3.63) is 41.0 Å². The standard InChI is InChI=1S/C35H52N4O8S/c1-22(24-9-11-25(12-10-24)30-23(2)36-21-48-30)37-32(43)27-19-26(40)20-39(27)33(44)31(34(3,4)5)38-28(41)13-15-45-17-18-46-16-14-29(42)47-35(6,7)8/h9-12,21-22,26-27,31,40H,13-20H2,1-8H3,(H,37,43)(H,38,41)/t22?,26-,27+,31?/m1/s1. The zero-order valence-electron chi connectivity index (χ0n) is 29.5. The molecule has 48 heavy (non-hydrogen) atoms. The van der Waals surface area contributed by atoms with E-state index >= 15 is 0 Å². The molecule has 2 unspecified atom stereocenters. The molecule has 1 aliphatic heterocycles. The van der Waals surface area contributed by atoms with E-state index in [4.69, 9.17) is 14.2 Å². The van der Waals surface area contributed by atoms with Gasteiger partial charge in [0.1, 0.15) is 17.7 Å². The molecule has 12 nitrogen and oxygen atoms in total. The SMILES string of the molecule is Cc1ncsc1-c1ccc(C(C)NC(=O)[C@@H]2C[C@@H](O)CN2C(=O)C(NC(=O)CCOCCOCCC(=O)OC(C)(C)C)C(C)(C)C)cc1. The Morgan fingerprint density at radius 2 is 1.60 bits per heavy atom. The molecule has 0 bridgehead atoms. The zero-order chi connectivity index (χ0) is 35.6. The second-order valence-corrected chi connectivity index (χ2v) is 15.0. The molecule has 3 amide bonds. The average molecular weight is 689 g/mol. The fourth-order valence-corrected chi connectivity index (χ4v) is 6.10. The Morgan fingerprint density at radius 1 is 0.979 bits per heavy atom. The van der Waals surface area contributed by atoms with Crippen LogP contribution in [0.25, 0.3) is 10.4 Å². The molecule has 1 saturated heterocycles. The number of carbonyl (C=O) groups is 4. The molecule has 2 heterocycles. The maximum Gasteiger partial charge on any atom is 0.308 e. The van der Waals surface area contributed by atoms with E-state index in [1.807, 2.05) is 64.4 Å². The van der Waals surface area contributed by atoms with E-state index in [-0.39, 0.29) is 76.1 Å². The quantitative estimate of drug-likeness (QED) is 0.186. The van der Waals surface area contributed by atoms with Gasteiger partial charge in [-0.05, 0) is 51.2 Å². The predicted molar refractivity (Wildman–Crippen MR) is 183 cm³/mol. The van der Waals surface area contributed by atoms with Crippen molar-refractivity contribution in [2.24, 2.45) is 5.41 Å². The number of aromatic nitrogens is 1. The summed E-state index contributed by atoms with van der Waals surface area (Å²) < 4.78 is 16.1. The first-order valence-electron chi connectivity index (χ1n) is 16.4. The van der Waals surface area contributed by atoms with Crippen LogP contribution in [0.3, 0.4) is 0 Å². The Balaban J connectivity index is 1.50. The first-order chi connectivity index (χ1) is 22.5. The number of rotatable bonds is 15. The van der Waals surface area contributed by atoms with Crippen LogP contribution in [0.1, 0.15) is 85.0 Å². The Kier molecular flexibility index (Phi) is 14.1. The van der Waals surface area contributed by atoms with E-state index in [2.05, 4.69) is 15.6 Å². The van der Waals surface area contributed by atoms with Crippen LogP contribution in [0.2, 0.25) is 0 Å². The smallest absolute Gasteiger partial charge is 0.308 e. The van der Waals surface area contributed by atoms with Gasteiger partial charge in [0.25, 0.3) is 0 Å². The van der Waals surface area contributed by atoms with Crippen LogP contribution >= 0.6 is 11.3 Å². The van der Waals surface area contributed by atoms with Gasteiger partial charge < -0.3 is 34.9 Å². The molecule has 0 radical (unpaired) electrons. The van der Waals surface area contributed by atoms with E-state index in [1.165, 1.54) is 4.90 Å². The van der Waals surface area contributed by atoms with Crippen molar-refractivity contribution in [1.29, 1.82) is 0 Å². The monoisotopic (exact) mass is 688 g/mol. The number of hydrogen-bond donors (Lipinski definition) is 3. The van der Waals surface area contributed by atoms with Gasteiger partial charge in [0.15, 0.2) is 0 Å². The third-order valence-corrected chi connectivity index (χ3v) is 8.75. The highest BCUT2D eigenvalue weighted by atomic mass is 32.1. The second kappa shape index (κ2) is 17.3. The highest BCUT2D eigenvalue weighted by Crippen LogP contribution is 2.29. The highest BCUT2D eigenvalue weighted by Gasteiger charge is 2.44. The van der Waals surface area contributed by atoms with Crippen molar-refractivity contribution >= 4 is 35.0 Å². The summed E-state index contributed by atoms with van der Waals surface area (Å²) in [7, 11) is 0. The number of β-amino-alcohol motifs (C(OH)–C–C–N with tert-alkyl or cyclic N) is 1. The van der Waals surface area contributed by atoms with Crippen molar-refractivity contribution < 1.29 is 38.5 Å². The Labute approximate surface area is 287 Å². The molecule has 0 saturated carbocycles. The van der Waals surface area contributed by atoms with Crippen LogP contribution in [-0.2, 0) is 33.4 Å². The molecule has 2 aromatic rings. The zero-order valence-corrected chi connectivity index (χ0v) is 30.3. The Morgan fingerprint density at radius 3 is 2.17 bits per heavy atom. The van der Waals surface area contributed by atoms with Crippen LogP contribution in [-0.4, -0.2) is 95.4 Å². The summed E-state index contributed by atoms with van der Waals surface area (Å²) in [5.74, 6) is -1.50. The number of amides is 3.